The molecule has 0 fully saturated rings. The number of carboxylic acids is 1. The van der Waals surface area contributed by atoms with Crippen LogP contribution in [0.25, 0.3) is 11.3 Å². The Balaban J connectivity index is 1.59. The summed E-state index contributed by atoms with van der Waals surface area (Å²) in [7, 11) is 0. The van der Waals surface area contributed by atoms with Crippen molar-refractivity contribution in [3.63, 3.8) is 0 Å². The first-order valence-corrected chi connectivity index (χ1v) is 8.74. The first-order valence-electron chi connectivity index (χ1n) is 8.74. The number of carboxylic acid groups (broad SMARTS) is 1. The number of nitrogens with one attached hydrogen (secondary N) is 1. The van der Waals surface area contributed by atoms with Gasteiger partial charge in [-0.25, -0.2) is 10.2 Å². The van der Waals surface area contributed by atoms with Gasteiger partial charge in [-0.1, -0.05) is 35.9 Å². The van der Waals surface area contributed by atoms with E-state index in [4.69, 9.17) is 9.52 Å². The molecule has 0 saturated carbocycles. The highest BCUT2D eigenvalue weighted by atomic mass is 16.4. The number of benzene rings is 2. The number of hydrogen-bond acceptors (Lipinski definition) is 4. The standard InChI is InChI=1S/C22H20N2O4/c1-14-3-4-18(15(2)11-14)12-21(25)24-23-13-19-9-10-20(28-19)16-5-7-17(8-6-16)22(26)27/h3-11,13H,12H2,1-2H3,(H,24,25)(H,26,27)/b23-13-. The Morgan fingerprint density at radius 1 is 1.07 bits per heavy atom. The summed E-state index contributed by atoms with van der Waals surface area (Å²) >= 11 is 0. The number of amides is 1. The highest BCUT2D eigenvalue weighted by Gasteiger charge is 2.07. The molecule has 6 nitrogen and oxygen atoms in total. The molecule has 2 aromatic carbocycles. The number of rotatable bonds is 6. The maximum atomic E-state index is 12.1. The fourth-order valence-corrected chi connectivity index (χ4v) is 2.78. The van der Waals surface area contributed by atoms with E-state index in [0.717, 1.165) is 22.3 Å². The minimum Gasteiger partial charge on any atom is -0.478 e. The Morgan fingerprint density at radius 3 is 2.50 bits per heavy atom. The highest BCUT2D eigenvalue weighted by molar-refractivity contribution is 5.88. The van der Waals surface area contributed by atoms with Gasteiger partial charge in [-0.05, 0) is 49.2 Å². The van der Waals surface area contributed by atoms with Crippen LogP contribution in [0.5, 0.6) is 0 Å². The topological polar surface area (TPSA) is 91.9 Å². The van der Waals surface area contributed by atoms with Crippen LogP contribution in [-0.2, 0) is 11.2 Å². The van der Waals surface area contributed by atoms with Crippen LogP contribution in [0.1, 0.15) is 32.8 Å². The SMILES string of the molecule is Cc1ccc(CC(=O)N/N=C\c2ccc(-c3ccc(C(=O)O)cc3)o2)c(C)c1. The molecule has 0 spiro atoms. The molecule has 6 heteroatoms. The zero-order valence-corrected chi connectivity index (χ0v) is 15.6. The second kappa shape index (κ2) is 8.35. The molecule has 0 aliphatic heterocycles. The lowest BCUT2D eigenvalue weighted by atomic mass is 10.0. The number of nitrogens with zero attached hydrogens (tertiary/aromatic N) is 1. The van der Waals surface area contributed by atoms with Crippen molar-refractivity contribution in [3.8, 4) is 11.3 Å². The van der Waals surface area contributed by atoms with Gasteiger partial charge >= 0.3 is 5.97 Å². The number of hydrogen-bond donors (Lipinski definition) is 2. The Kier molecular flexibility index (Phi) is 5.69. The van der Waals surface area contributed by atoms with Gasteiger partial charge in [-0.2, -0.15) is 5.10 Å². The van der Waals surface area contributed by atoms with E-state index >= 15 is 0 Å². The summed E-state index contributed by atoms with van der Waals surface area (Å²) in [5.74, 6) is -0.126. The molecular formula is C22H20N2O4. The fourth-order valence-electron chi connectivity index (χ4n) is 2.78. The van der Waals surface area contributed by atoms with Crippen molar-refractivity contribution in [2.75, 3.05) is 0 Å². The van der Waals surface area contributed by atoms with E-state index in [1.54, 1.807) is 24.3 Å². The smallest absolute Gasteiger partial charge is 0.335 e. The molecule has 0 atom stereocenters. The monoisotopic (exact) mass is 376 g/mol. The lowest BCUT2D eigenvalue weighted by Gasteiger charge is -2.05. The molecule has 0 aliphatic rings. The number of hydrazone groups is 1. The molecule has 142 valence electrons. The molecule has 3 aromatic rings. The van der Waals surface area contributed by atoms with E-state index in [2.05, 4.69) is 10.5 Å². The van der Waals surface area contributed by atoms with Crippen LogP contribution in [0.2, 0.25) is 0 Å². The molecular weight excluding hydrogens is 356 g/mol. The maximum Gasteiger partial charge on any atom is 0.335 e. The van der Waals surface area contributed by atoms with Crippen LogP contribution < -0.4 is 5.43 Å². The van der Waals surface area contributed by atoms with Gasteiger partial charge in [0.1, 0.15) is 11.5 Å². The van der Waals surface area contributed by atoms with E-state index in [0.29, 0.717) is 11.5 Å². The summed E-state index contributed by atoms with van der Waals surface area (Å²) in [5.41, 5.74) is 6.65. The van der Waals surface area contributed by atoms with Gasteiger partial charge in [0, 0.05) is 5.56 Å². The summed E-state index contributed by atoms with van der Waals surface area (Å²) in [6.45, 7) is 3.99. The first kappa shape index (κ1) is 19.1. The zero-order valence-electron chi connectivity index (χ0n) is 15.6. The van der Waals surface area contributed by atoms with Gasteiger partial charge in [0.15, 0.2) is 0 Å². The number of carbonyl (C=O) groups excluding carboxylic acids is 1. The second-order valence-corrected chi connectivity index (χ2v) is 6.48. The van der Waals surface area contributed by atoms with Crippen LogP contribution in [0.4, 0.5) is 0 Å². The molecule has 1 aromatic heterocycles. The summed E-state index contributed by atoms with van der Waals surface area (Å²) < 4.78 is 5.65. The Morgan fingerprint density at radius 2 is 1.82 bits per heavy atom. The third-order valence-corrected chi connectivity index (χ3v) is 4.27. The zero-order chi connectivity index (χ0) is 20.1. The predicted octanol–water partition coefficient (Wildman–Crippen LogP) is 3.95. The van der Waals surface area contributed by atoms with E-state index in [-0.39, 0.29) is 17.9 Å². The van der Waals surface area contributed by atoms with Gasteiger partial charge in [0.2, 0.25) is 5.91 Å². The Labute approximate surface area is 162 Å². The van der Waals surface area contributed by atoms with Crippen molar-refractivity contribution in [1.29, 1.82) is 0 Å². The second-order valence-electron chi connectivity index (χ2n) is 6.48. The third kappa shape index (κ3) is 4.73. The molecule has 2 N–H and O–H groups in total. The lowest BCUT2D eigenvalue weighted by molar-refractivity contribution is -0.120. The highest BCUT2D eigenvalue weighted by Crippen LogP contribution is 2.22. The number of furan rings is 1. The van der Waals surface area contributed by atoms with Gasteiger partial charge in [-0.15, -0.1) is 0 Å². The van der Waals surface area contributed by atoms with Gasteiger partial charge in [-0.3, -0.25) is 4.79 Å². The normalized spacial score (nSPS) is 10.9. The van der Waals surface area contributed by atoms with Crippen molar-refractivity contribution in [2.24, 2.45) is 5.10 Å². The summed E-state index contributed by atoms with van der Waals surface area (Å²) in [4.78, 5) is 22.9. The van der Waals surface area contributed by atoms with Crippen molar-refractivity contribution < 1.29 is 19.1 Å². The van der Waals surface area contributed by atoms with E-state index in [1.807, 2.05) is 32.0 Å². The molecule has 1 heterocycles. The van der Waals surface area contributed by atoms with Crippen molar-refractivity contribution in [1.82, 2.24) is 5.43 Å². The quantitative estimate of drug-likeness (QED) is 0.503. The van der Waals surface area contributed by atoms with Crippen LogP contribution >= 0.6 is 0 Å². The first-order chi connectivity index (χ1) is 13.4. The molecule has 1 amide bonds. The van der Waals surface area contributed by atoms with Crippen LogP contribution in [0.3, 0.4) is 0 Å². The van der Waals surface area contributed by atoms with E-state index in [1.165, 1.54) is 18.3 Å². The van der Waals surface area contributed by atoms with Crippen molar-refractivity contribution >= 4 is 18.1 Å². The number of aromatic carboxylic acids is 1. The molecule has 0 radical (unpaired) electrons. The van der Waals surface area contributed by atoms with Crippen LogP contribution in [-0.4, -0.2) is 23.2 Å². The van der Waals surface area contributed by atoms with E-state index in [9.17, 15) is 9.59 Å². The van der Waals surface area contributed by atoms with Gasteiger partial charge < -0.3 is 9.52 Å². The minimum absolute atomic E-state index is 0.209. The lowest BCUT2D eigenvalue weighted by Crippen LogP contribution is -2.20. The molecule has 3 rings (SSSR count). The molecule has 0 aliphatic carbocycles. The van der Waals surface area contributed by atoms with Crippen molar-refractivity contribution in [3.05, 3.63) is 82.6 Å². The molecule has 0 saturated heterocycles. The predicted molar refractivity (Wildman–Crippen MR) is 106 cm³/mol. The molecule has 28 heavy (non-hydrogen) atoms. The summed E-state index contributed by atoms with van der Waals surface area (Å²) in [6.07, 6.45) is 1.68. The number of carbonyl (C=O) groups is 2. The Bertz CT molecular complexity index is 1030. The van der Waals surface area contributed by atoms with Crippen LogP contribution in [0.15, 0.2) is 64.1 Å². The third-order valence-electron chi connectivity index (χ3n) is 4.27. The minimum atomic E-state index is -0.976. The average molecular weight is 376 g/mol. The fraction of sp³-hybridized carbons (Fsp3) is 0.136. The van der Waals surface area contributed by atoms with Crippen LogP contribution in [0, 0.1) is 13.8 Å². The maximum absolute atomic E-state index is 12.1. The average Bonchev–Trinajstić information content (AvgIpc) is 3.13. The Hall–Kier alpha value is -3.67. The number of aryl methyl sites for hydroxylation is 2. The van der Waals surface area contributed by atoms with Crippen molar-refractivity contribution in [2.45, 2.75) is 20.3 Å². The molecule has 0 unspecified atom stereocenters. The van der Waals surface area contributed by atoms with Gasteiger partial charge in [0.05, 0.1) is 18.2 Å². The molecule has 0 bridgehead atoms. The largest absolute Gasteiger partial charge is 0.478 e. The summed E-state index contributed by atoms with van der Waals surface area (Å²) in [5, 5.41) is 12.9. The van der Waals surface area contributed by atoms with Gasteiger partial charge in [0.25, 0.3) is 0 Å². The van der Waals surface area contributed by atoms with E-state index < -0.39 is 5.97 Å². The summed E-state index contributed by atoms with van der Waals surface area (Å²) in [6, 6.07) is 15.8.